The molecule has 5 nitrogen and oxygen atoms in total. The van der Waals surface area contributed by atoms with Crippen molar-refractivity contribution in [2.45, 2.75) is 38.7 Å². The molecule has 1 amide bonds. The van der Waals surface area contributed by atoms with Gasteiger partial charge in [-0.05, 0) is 38.1 Å². The number of nitrogen functional groups attached to an aromatic ring is 1. The molecular weight excluding hydrogens is 274 g/mol. The fourth-order valence-electron chi connectivity index (χ4n) is 2.31. The Morgan fingerprint density at radius 3 is 2.90 bits per heavy atom. The van der Waals surface area contributed by atoms with Crippen molar-refractivity contribution in [3.8, 4) is 6.07 Å². The van der Waals surface area contributed by atoms with Crippen molar-refractivity contribution in [2.75, 3.05) is 18.8 Å². The van der Waals surface area contributed by atoms with Crippen molar-refractivity contribution in [3.63, 3.8) is 0 Å². The lowest BCUT2D eigenvalue weighted by Gasteiger charge is -2.24. The van der Waals surface area contributed by atoms with Crippen molar-refractivity contribution >= 4 is 22.4 Å². The maximum Gasteiger partial charge on any atom is 0.410 e. The van der Waals surface area contributed by atoms with Gasteiger partial charge in [0.15, 0.2) is 0 Å². The number of amides is 1. The zero-order chi connectivity index (χ0) is 14.9. The molecule has 1 atom stereocenters. The third-order valence-electron chi connectivity index (χ3n) is 3.24. The first kappa shape index (κ1) is 14.7. The van der Waals surface area contributed by atoms with E-state index in [0.29, 0.717) is 23.7 Å². The first-order chi connectivity index (χ1) is 9.31. The number of carbonyl (C=O) groups is 1. The highest BCUT2D eigenvalue weighted by Crippen LogP contribution is 2.35. The standard InChI is InChI=1S/C14H19N3O2S/c1-14(2,3)19-13(18)17-5-4-9(7-17)11-8-20-12(16)10(11)6-15/h8-9H,4-5,7,16H2,1-3H3. The highest BCUT2D eigenvalue weighted by molar-refractivity contribution is 7.14. The van der Waals surface area contributed by atoms with Crippen LogP contribution in [-0.4, -0.2) is 29.7 Å². The van der Waals surface area contributed by atoms with Gasteiger partial charge in [0, 0.05) is 19.0 Å². The van der Waals surface area contributed by atoms with Crippen molar-refractivity contribution in [2.24, 2.45) is 0 Å². The second-order valence-corrected chi connectivity index (χ2v) is 6.87. The Bertz CT molecular complexity index is 554. The molecule has 1 unspecified atom stereocenters. The van der Waals surface area contributed by atoms with Crippen LogP contribution in [0.5, 0.6) is 0 Å². The molecule has 6 heteroatoms. The lowest BCUT2D eigenvalue weighted by atomic mass is 9.98. The number of anilines is 1. The molecule has 20 heavy (non-hydrogen) atoms. The van der Waals surface area contributed by atoms with Crippen LogP contribution in [-0.2, 0) is 4.74 Å². The van der Waals surface area contributed by atoms with Crippen molar-refractivity contribution in [1.82, 2.24) is 4.90 Å². The number of nitrogens with zero attached hydrogens (tertiary/aromatic N) is 2. The Morgan fingerprint density at radius 2 is 2.30 bits per heavy atom. The van der Waals surface area contributed by atoms with Crippen LogP contribution in [0.4, 0.5) is 9.80 Å². The maximum absolute atomic E-state index is 12.0. The number of nitriles is 1. The van der Waals surface area contributed by atoms with E-state index in [2.05, 4.69) is 6.07 Å². The highest BCUT2D eigenvalue weighted by atomic mass is 32.1. The van der Waals surface area contributed by atoms with Gasteiger partial charge in [0.25, 0.3) is 0 Å². The Balaban J connectivity index is 2.06. The summed E-state index contributed by atoms with van der Waals surface area (Å²) in [6.07, 6.45) is 0.547. The van der Waals surface area contributed by atoms with E-state index in [1.807, 2.05) is 26.2 Å². The molecule has 0 bridgehead atoms. The van der Waals surface area contributed by atoms with E-state index in [1.165, 1.54) is 11.3 Å². The predicted molar refractivity (Wildman–Crippen MR) is 78.6 cm³/mol. The molecule has 1 saturated heterocycles. The number of nitrogens with two attached hydrogens (primary N) is 1. The lowest BCUT2D eigenvalue weighted by Crippen LogP contribution is -2.35. The van der Waals surface area contributed by atoms with Crippen molar-refractivity contribution in [3.05, 3.63) is 16.5 Å². The predicted octanol–water partition coefficient (Wildman–Crippen LogP) is 2.93. The average Bonchev–Trinajstić information content (AvgIpc) is 2.92. The van der Waals surface area contributed by atoms with Gasteiger partial charge in [-0.25, -0.2) is 4.79 Å². The smallest absolute Gasteiger partial charge is 0.410 e. The van der Waals surface area contributed by atoms with Gasteiger partial charge in [0.05, 0.1) is 5.56 Å². The molecule has 108 valence electrons. The van der Waals surface area contributed by atoms with Crippen LogP contribution in [0.25, 0.3) is 0 Å². The van der Waals surface area contributed by atoms with Crippen molar-refractivity contribution < 1.29 is 9.53 Å². The Morgan fingerprint density at radius 1 is 1.60 bits per heavy atom. The van der Waals surface area contributed by atoms with Crippen LogP contribution in [0, 0.1) is 11.3 Å². The number of hydrogen-bond donors (Lipinski definition) is 1. The van der Waals surface area contributed by atoms with Gasteiger partial charge >= 0.3 is 6.09 Å². The zero-order valence-electron chi connectivity index (χ0n) is 12.0. The molecule has 2 heterocycles. The van der Waals surface area contributed by atoms with E-state index in [0.717, 1.165) is 12.0 Å². The van der Waals surface area contributed by atoms with Crippen LogP contribution in [0.3, 0.4) is 0 Å². The minimum Gasteiger partial charge on any atom is -0.444 e. The molecule has 1 aliphatic heterocycles. The summed E-state index contributed by atoms with van der Waals surface area (Å²) in [5, 5.41) is 11.6. The molecule has 1 aromatic rings. The second-order valence-electron chi connectivity index (χ2n) is 5.95. The average molecular weight is 293 g/mol. The highest BCUT2D eigenvalue weighted by Gasteiger charge is 2.32. The number of hydrogen-bond acceptors (Lipinski definition) is 5. The molecule has 0 aliphatic carbocycles. The minimum atomic E-state index is -0.486. The van der Waals surface area contributed by atoms with Crippen LogP contribution >= 0.6 is 11.3 Å². The minimum absolute atomic E-state index is 0.172. The summed E-state index contributed by atoms with van der Waals surface area (Å²) in [5.74, 6) is 0.172. The fourth-order valence-corrected chi connectivity index (χ4v) is 3.16. The molecule has 2 N–H and O–H groups in total. The summed E-state index contributed by atoms with van der Waals surface area (Å²) < 4.78 is 5.37. The van der Waals surface area contributed by atoms with Gasteiger partial charge in [0.1, 0.15) is 16.7 Å². The Kier molecular flexibility index (Phi) is 3.91. The fraction of sp³-hybridized carbons (Fsp3) is 0.571. The Hall–Kier alpha value is -1.74. The van der Waals surface area contributed by atoms with E-state index in [9.17, 15) is 4.79 Å². The van der Waals surface area contributed by atoms with E-state index < -0.39 is 5.60 Å². The summed E-state index contributed by atoms with van der Waals surface area (Å²) in [4.78, 5) is 13.7. The first-order valence-electron chi connectivity index (χ1n) is 6.56. The molecule has 1 aromatic heterocycles. The molecule has 2 rings (SSSR count). The zero-order valence-corrected chi connectivity index (χ0v) is 12.8. The van der Waals surface area contributed by atoms with Crippen LogP contribution in [0.2, 0.25) is 0 Å². The van der Waals surface area contributed by atoms with Crippen LogP contribution in [0.1, 0.15) is 44.2 Å². The van der Waals surface area contributed by atoms with E-state index in [4.69, 9.17) is 15.7 Å². The van der Waals surface area contributed by atoms with Gasteiger partial charge in [-0.2, -0.15) is 5.26 Å². The maximum atomic E-state index is 12.0. The van der Waals surface area contributed by atoms with Gasteiger partial charge in [-0.1, -0.05) is 0 Å². The molecule has 0 aromatic carbocycles. The number of likely N-dealkylation sites (tertiary alicyclic amines) is 1. The van der Waals surface area contributed by atoms with E-state index >= 15 is 0 Å². The van der Waals surface area contributed by atoms with Gasteiger partial charge < -0.3 is 15.4 Å². The first-order valence-corrected chi connectivity index (χ1v) is 7.44. The normalized spacial score (nSPS) is 18.9. The van der Waals surface area contributed by atoms with Crippen molar-refractivity contribution in [1.29, 1.82) is 5.26 Å². The molecule has 0 spiro atoms. The van der Waals surface area contributed by atoms with E-state index in [1.54, 1.807) is 4.90 Å². The Labute approximate surface area is 122 Å². The largest absolute Gasteiger partial charge is 0.444 e. The second kappa shape index (κ2) is 5.33. The van der Waals surface area contributed by atoms with Gasteiger partial charge in [0.2, 0.25) is 0 Å². The van der Waals surface area contributed by atoms with Crippen LogP contribution < -0.4 is 5.73 Å². The van der Waals surface area contributed by atoms with Crippen LogP contribution in [0.15, 0.2) is 5.38 Å². The summed E-state index contributed by atoms with van der Waals surface area (Å²) in [6, 6.07) is 2.15. The number of rotatable bonds is 1. The summed E-state index contributed by atoms with van der Waals surface area (Å²) in [5.41, 5.74) is 6.82. The number of carbonyl (C=O) groups excluding carboxylic acids is 1. The summed E-state index contributed by atoms with van der Waals surface area (Å²) in [7, 11) is 0. The quantitative estimate of drug-likeness (QED) is 0.863. The van der Waals surface area contributed by atoms with E-state index in [-0.39, 0.29) is 12.0 Å². The third kappa shape index (κ3) is 3.05. The summed E-state index contributed by atoms with van der Waals surface area (Å²) in [6.45, 7) is 6.80. The molecular formula is C14H19N3O2S. The molecule has 1 aliphatic rings. The number of ether oxygens (including phenoxy) is 1. The van der Waals surface area contributed by atoms with Gasteiger partial charge in [-0.3, -0.25) is 0 Å². The topological polar surface area (TPSA) is 79.3 Å². The van der Waals surface area contributed by atoms with Gasteiger partial charge in [-0.15, -0.1) is 11.3 Å². The molecule has 0 radical (unpaired) electrons. The molecule has 1 fully saturated rings. The number of thiophene rings is 1. The lowest BCUT2D eigenvalue weighted by molar-refractivity contribution is 0.0292. The SMILES string of the molecule is CC(C)(C)OC(=O)N1CCC(c2csc(N)c2C#N)C1. The third-order valence-corrected chi connectivity index (χ3v) is 4.07. The summed E-state index contributed by atoms with van der Waals surface area (Å²) >= 11 is 1.38. The molecule has 0 saturated carbocycles. The monoisotopic (exact) mass is 293 g/mol.